The van der Waals surface area contributed by atoms with Crippen molar-refractivity contribution < 1.29 is 31.1 Å². The van der Waals surface area contributed by atoms with Gasteiger partial charge in [-0.2, -0.15) is 26.3 Å². The predicted octanol–water partition coefficient (Wildman–Crippen LogP) is 7.90. The van der Waals surface area contributed by atoms with Crippen LogP contribution in [-0.2, 0) is 11.2 Å². The first-order valence-corrected chi connectivity index (χ1v) is 11.7. The molecule has 0 spiro atoms. The number of hydrogen-bond donors (Lipinski definition) is 0. The van der Waals surface area contributed by atoms with Crippen LogP contribution in [0, 0.1) is 11.8 Å². The van der Waals surface area contributed by atoms with Crippen molar-refractivity contribution in [2.45, 2.75) is 33.1 Å². The topological polar surface area (TPSA) is 17.1 Å². The van der Waals surface area contributed by atoms with Gasteiger partial charge in [-0.3, -0.25) is 0 Å². The van der Waals surface area contributed by atoms with Gasteiger partial charge in [0, 0.05) is 20.2 Å². The fourth-order valence-corrected chi connectivity index (χ4v) is 4.79. The third-order valence-electron chi connectivity index (χ3n) is 4.19. The van der Waals surface area contributed by atoms with Crippen molar-refractivity contribution in [3.63, 3.8) is 0 Å². The van der Waals surface area contributed by atoms with Gasteiger partial charge in [0.1, 0.15) is 6.29 Å². The van der Waals surface area contributed by atoms with Crippen molar-refractivity contribution in [2.75, 3.05) is 0 Å². The van der Waals surface area contributed by atoms with E-state index in [4.69, 9.17) is 0 Å². The largest absolute Gasteiger partial charge is 0.446 e. The highest BCUT2D eigenvalue weighted by molar-refractivity contribution is 8.00. The molecule has 0 amide bonds. The number of thioether (sulfide) groups is 2. The molecule has 1 atom stereocenters. The minimum absolute atomic E-state index is 0.0744. The molecule has 0 aliphatic carbocycles. The van der Waals surface area contributed by atoms with Crippen LogP contribution in [0.4, 0.5) is 26.3 Å². The van der Waals surface area contributed by atoms with Gasteiger partial charge >= 0.3 is 11.0 Å². The van der Waals surface area contributed by atoms with E-state index in [0.29, 0.717) is 16.9 Å². The van der Waals surface area contributed by atoms with E-state index in [2.05, 4.69) is 11.8 Å². The third-order valence-corrected chi connectivity index (χ3v) is 6.80. The van der Waals surface area contributed by atoms with E-state index in [0.717, 1.165) is 16.7 Å². The molecule has 0 saturated heterocycles. The average molecular weight is 517 g/mol. The van der Waals surface area contributed by atoms with E-state index in [1.807, 2.05) is 0 Å². The van der Waals surface area contributed by atoms with Crippen LogP contribution < -0.4 is 0 Å². The quantitative estimate of drug-likeness (QED) is 0.144. The summed E-state index contributed by atoms with van der Waals surface area (Å²) in [5.41, 5.74) is -7.41. The number of carbonyl (C=O) groups excluding carboxylic acids is 1. The molecular weight excluding hydrogens is 502 g/mol. The first kappa shape index (κ1) is 25.3. The van der Waals surface area contributed by atoms with Crippen LogP contribution in [0.25, 0.3) is 0 Å². The first-order chi connectivity index (χ1) is 15.5. The van der Waals surface area contributed by atoms with Gasteiger partial charge in [-0.05, 0) is 84.0 Å². The van der Waals surface area contributed by atoms with Crippen LogP contribution in [-0.4, -0.2) is 17.3 Å². The number of rotatable bonds is 6. The SMILES string of the molecule is O=CC(Cc1ccc(SC(F)(F)F)cc1)c1ccc(C#Cc2ccc(SC(F)(F)F)cc2)s1. The molecule has 0 saturated carbocycles. The molecule has 0 radical (unpaired) electrons. The molecule has 172 valence electrons. The van der Waals surface area contributed by atoms with Crippen molar-refractivity contribution in [3.8, 4) is 11.8 Å². The van der Waals surface area contributed by atoms with E-state index >= 15 is 0 Å². The monoisotopic (exact) mass is 516 g/mol. The minimum atomic E-state index is -4.36. The third kappa shape index (κ3) is 8.50. The Morgan fingerprint density at radius 2 is 1.33 bits per heavy atom. The number of aldehydes is 1. The second kappa shape index (κ2) is 10.7. The van der Waals surface area contributed by atoms with E-state index in [-0.39, 0.29) is 33.3 Å². The zero-order valence-corrected chi connectivity index (χ0v) is 19.0. The Balaban J connectivity index is 1.65. The normalized spacial score (nSPS) is 12.7. The first-order valence-electron chi connectivity index (χ1n) is 9.28. The Bertz CT molecular complexity index is 1140. The van der Waals surface area contributed by atoms with Gasteiger partial charge in [0.15, 0.2) is 0 Å². The average Bonchev–Trinajstić information content (AvgIpc) is 3.19. The molecule has 1 heterocycles. The maximum Gasteiger partial charge on any atom is 0.446 e. The van der Waals surface area contributed by atoms with E-state index in [9.17, 15) is 31.1 Å². The number of hydrogen-bond acceptors (Lipinski definition) is 4. The number of carbonyl (C=O) groups is 1. The maximum atomic E-state index is 12.4. The van der Waals surface area contributed by atoms with Crippen molar-refractivity contribution in [3.05, 3.63) is 81.5 Å². The Morgan fingerprint density at radius 1 is 0.788 bits per heavy atom. The van der Waals surface area contributed by atoms with Crippen LogP contribution in [0.1, 0.15) is 26.8 Å². The summed E-state index contributed by atoms with van der Waals surface area (Å²) in [7, 11) is 0. The van der Waals surface area contributed by atoms with Crippen molar-refractivity contribution in [1.82, 2.24) is 0 Å². The standard InChI is InChI=1S/C23H14F6OS3/c24-22(25,26)32-19-7-2-15(3-8-19)1-6-18-11-12-21(31-18)17(14-30)13-16-4-9-20(10-5-16)33-23(27,28)29/h2-5,7-12,14,17H,13H2. The summed E-state index contributed by atoms with van der Waals surface area (Å²) in [5.74, 6) is 5.35. The summed E-state index contributed by atoms with van der Waals surface area (Å²) in [5, 5.41) is 0. The summed E-state index contributed by atoms with van der Waals surface area (Å²) >= 11 is 0.928. The van der Waals surface area contributed by atoms with Gasteiger partial charge in [-0.25, -0.2) is 0 Å². The summed E-state index contributed by atoms with van der Waals surface area (Å²) < 4.78 is 74.5. The molecular formula is C23H14F6OS3. The van der Waals surface area contributed by atoms with Crippen LogP contribution in [0.5, 0.6) is 0 Å². The van der Waals surface area contributed by atoms with Gasteiger partial charge in [-0.15, -0.1) is 11.3 Å². The predicted molar refractivity (Wildman–Crippen MR) is 120 cm³/mol. The summed E-state index contributed by atoms with van der Waals surface area (Å²) in [4.78, 5) is 13.2. The fraction of sp³-hybridized carbons (Fsp3) is 0.174. The van der Waals surface area contributed by atoms with Crippen molar-refractivity contribution in [2.24, 2.45) is 0 Å². The minimum Gasteiger partial charge on any atom is -0.303 e. The molecule has 3 aromatic rings. The molecule has 0 bridgehead atoms. The number of alkyl halides is 6. The van der Waals surface area contributed by atoms with E-state index in [1.54, 1.807) is 24.3 Å². The number of halogens is 6. The van der Waals surface area contributed by atoms with Crippen molar-refractivity contribution >= 4 is 41.1 Å². The molecule has 0 aliphatic heterocycles. The highest BCUT2D eigenvalue weighted by atomic mass is 32.2. The number of benzene rings is 2. The van der Waals surface area contributed by atoms with Gasteiger partial charge < -0.3 is 4.79 Å². The smallest absolute Gasteiger partial charge is 0.303 e. The zero-order chi connectivity index (χ0) is 24.1. The van der Waals surface area contributed by atoms with E-state index < -0.39 is 16.9 Å². The second-order valence-corrected chi connectivity index (χ2v) is 10.1. The van der Waals surface area contributed by atoms with Crippen LogP contribution in [0.3, 0.4) is 0 Å². The molecule has 2 aromatic carbocycles. The molecule has 1 unspecified atom stereocenters. The highest BCUT2D eigenvalue weighted by Gasteiger charge is 2.29. The Morgan fingerprint density at radius 3 is 1.85 bits per heavy atom. The second-order valence-electron chi connectivity index (χ2n) is 6.66. The fourth-order valence-electron chi connectivity index (χ4n) is 2.79. The Labute approximate surface area is 198 Å². The molecule has 1 nitrogen and oxygen atoms in total. The molecule has 10 heteroatoms. The van der Waals surface area contributed by atoms with Gasteiger partial charge in [-0.1, -0.05) is 24.0 Å². The Kier molecular flexibility index (Phi) is 8.21. The molecule has 0 aliphatic rings. The summed E-state index contributed by atoms with van der Waals surface area (Å²) in [6.45, 7) is 0. The van der Waals surface area contributed by atoms with Crippen molar-refractivity contribution in [1.29, 1.82) is 0 Å². The molecule has 3 rings (SSSR count). The summed E-state index contributed by atoms with van der Waals surface area (Å²) in [6.07, 6.45) is 1.13. The highest BCUT2D eigenvalue weighted by Crippen LogP contribution is 2.38. The lowest BCUT2D eigenvalue weighted by Gasteiger charge is -2.10. The Hall–Kier alpha value is -2.35. The lowest BCUT2D eigenvalue weighted by Crippen LogP contribution is -2.03. The maximum absolute atomic E-state index is 12.4. The van der Waals surface area contributed by atoms with E-state index in [1.165, 1.54) is 47.7 Å². The zero-order valence-electron chi connectivity index (χ0n) is 16.5. The molecule has 0 N–H and O–H groups in total. The number of thiophene rings is 1. The summed E-state index contributed by atoms with van der Waals surface area (Å²) in [6, 6.07) is 15.1. The van der Waals surface area contributed by atoms with Crippen LogP contribution in [0.2, 0.25) is 0 Å². The van der Waals surface area contributed by atoms with Gasteiger partial charge in [0.2, 0.25) is 0 Å². The molecule has 33 heavy (non-hydrogen) atoms. The van der Waals surface area contributed by atoms with Crippen LogP contribution in [0.15, 0.2) is 70.5 Å². The van der Waals surface area contributed by atoms with Crippen LogP contribution >= 0.6 is 34.9 Å². The molecule has 0 fully saturated rings. The molecule has 1 aromatic heterocycles. The van der Waals surface area contributed by atoms with Gasteiger partial charge in [0.05, 0.1) is 10.8 Å². The lowest BCUT2D eigenvalue weighted by atomic mass is 9.99. The lowest BCUT2D eigenvalue weighted by molar-refractivity contribution is -0.109. The van der Waals surface area contributed by atoms with Gasteiger partial charge in [0.25, 0.3) is 0 Å².